The lowest BCUT2D eigenvalue weighted by Crippen LogP contribution is -2.46. The van der Waals surface area contributed by atoms with Crippen molar-refractivity contribution in [1.82, 2.24) is 10.6 Å². The van der Waals surface area contributed by atoms with Crippen molar-refractivity contribution in [3.8, 4) is 0 Å². The van der Waals surface area contributed by atoms with Gasteiger partial charge in [0.25, 0.3) is 0 Å². The van der Waals surface area contributed by atoms with Crippen molar-refractivity contribution in [3.63, 3.8) is 0 Å². The van der Waals surface area contributed by atoms with E-state index in [-0.39, 0.29) is 11.9 Å². The lowest BCUT2D eigenvalue weighted by molar-refractivity contribution is -0.123. The quantitative estimate of drug-likeness (QED) is 0.676. The third-order valence-electron chi connectivity index (χ3n) is 2.84. The molecule has 1 fully saturated rings. The van der Waals surface area contributed by atoms with Crippen LogP contribution in [0.2, 0.25) is 0 Å². The maximum absolute atomic E-state index is 11.6. The number of carbonyl (C=O) groups excluding carboxylic acids is 1. The molecule has 0 saturated heterocycles. The van der Waals surface area contributed by atoms with Crippen molar-refractivity contribution >= 4 is 5.91 Å². The predicted molar refractivity (Wildman–Crippen MR) is 62.7 cm³/mol. The van der Waals surface area contributed by atoms with Crippen molar-refractivity contribution in [2.24, 2.45) is 0 Å². The Kier molecular flexibility index (Phi) is 5.09. The van der Waals surface area contributed by atoms with E-state index in [0.717, 1.165) is 19.3 Å². The minimum absolute atomic E-state index is 0.0579. The Bertz CT molecular complexity index is 202. The molecule has 1 rings (SSSR count). The van der Waals surface area contributed by atoms with Gasteiger partial charge in [-0.05, 0) is 33.1 Å². The van der Waals surface area contributed by atoms with Crippen molar-refractivity contribution in [2.75, 3.05) is 0 Å². The summed E-state index contributed by atoms with van der Waals surface area (Å²) in [6.07, 6.45) is 5.91. The van der Waals surface area contributed by atoms with Gasteiger partial charge in [0.2, 0.25) is 5.91 Å². The third-order valence-corrected chi connectivity index (χ3v) is 2.84. The largest absolute Gasteiger partial charge is 0.352 e. The molecule has 1 aliphatic rings. The second-order valence-corrected chi connectivity index (χ2v) is 4.71. The van der Waals surface area contributed by atoms with Gasteiger partial charge in [0.1, 0.15) is 0 Å². The van der Waals surface area contributed by atoms with Gasteiger partial charge in [0.05, 0.1) is 6.04 Å². The molecule has 2 unspecified atom stereocenters. The summed E-state index contributed by atoms with van der Waals surface area (Å²) in [6, 6.07) is 0.843. The van der Waals surface area contributed by atoms with E-state index in [2.05, 4.69) is 24.5 Å². The van der Waals surface area contributed by atoms with Crippen LogP contribution < -0.4 is 10.6 Å². The number of hydrogen-bond acceptors (Lipinski definition) is 2. The molecule has 88 valence electrons. The average molecular weight is 212 g/mol. The lowest BCUT2D eigenvalue weighted by Gasteiger charge is -2.19. The highest BCUT2D eigenvalue weighted by atomic mass is 16.2. The van der Waals surface area contributed by atoms with Gasteiger partial charge in [-0.15, -0.1) is 0 Å². The van der Waals surface area contributed by atoms with Crippen LogP contribution in [0, 0.1) is 0 Å². The standard InChI is InChI=1S/C12H24N2O/c1-4-5-6-9(2)13-10(3)12(15)14-11-7-8-11/h9-11,13H,4-8H2,1-3H3,(H,14,15). The molecular weight excluding hydrogens is 188 g/mol. The zero-order valence-electron chi connectivity index (χ0n) is 10.2. The molecule has 3 heteroatoms. The number of carbonyl (C=O) groups is 1. The molecule has 2 N–H and O–H groups in total. The second kappa shape index (κ2) is 6.11. The fourth-order valence-corrected chi connectivity index (χ4v) is 1.65. The Morgan fingerprint density at radius 2 is 2.07 bits per heavy atom. The first-order chi connectivity index (χ1) is 7.13. The summed E-state index contributed by atoms with van der Waals surface area (Å²) in [4.78, 5) is 11.6. The highest BCUT2D eigenvalue weighted by Crippen LogP contribution is 2.18. The number of unbranched alkanes of at least 4 members (excludes halogenated alkanes) is 1. The summed E-state index contributed by atoms with van der Waals surface area (Å²) >= 11 is 0. The fourth-order valence-electron chi connectivity index (χ4n) is 1.65. The van der Waals surface area contributed by atoms with Crippen molar-refractivity contribution in [1.29, 1.82) is 0 Å². The first-order valence-corrected chi connectivity index (χ1v) is 6.20. The summed E-state index contributed by atoms with van der Waals surface area (Å²) in [6.45, 7) is 6.28. The summed E-state index contributed by atoms with van der Waals surface area (Å²) in [5.41, 5.74) is 0. The molecule has 2 atom stereocenters. The minimum Gasteiger partial charge on any atom is -0.352 e. The van der Waals surface area contributed by atoms with Crippen molar-refractivity contribution < 1.29 is 4.79 Å². The molecule has 0 aromatic rings. The molecule has 0 aromatic heterocycles. The van der Waals surface area contributed by atoms with E-state index in [4.69, 9.17) is 0 Å². The number of rotatable bonds is 7. The second-order valence-electron chi connectivity index (χ2n) is 4.71. The normalized spacial score (nSPS) is 19.7. The third kappa shape index (κ3) is 5.17. The molecule has 3 nitrogen and oxygen atoms in total. The van der Waals surface area contributed by atoms with Gasteiger partial charge < -0.3 is 10.6 Å². The summed E-state index contributed by atoms with van der Waals surface area (Å²) < 4.78 is 0. The predicted octanol–water partition coefficient (Wildman–Crippen LogP) is 1.82. The molecule has 0 bridgehead atoms. The monoisotopic (exact) mass is 212 g/mol. The Labute approximate surface area is 93.0 Å². The van der Waals surface area contributed by atoms with Gasteiger partial charge in [-0.1, -0.05) is 19.8 Å². The zero-order valence-corrected chi connectivity index (χ0v) is 10.2. The van der Waals surface area contributed by atoms with E-state index in [9.17, 15) is 4.79 Å². The average Bonchev–Trinajstić information content (AvgIpc) is 2.98. The van der Waals surface area contributed by atoms with Crippen LogP contribution in [-0.2, 0) is 4.79 Å². The topological polar surface area (TPSA) is 41.1 Å². The smallest absolute Gasteiger partial charge is 0.237 e. The molecule has 0 spiro atoms. The SMILES string of the molecule is CCCCC(C)NC(C)C(=O)NC1CC1. The van der Waals surface area contributed by atoms with Gasteiger partial charge >= 0.3 is 0 Å². The van der Waals surface area contributed by atoms with E-state index in [1.165, 1.54) is 12.8 Å². The number of amides is 1. The number of hydrogen-bond donors (Lipinski definition) is 2. The Morgan fingerprint density at radius 1 is 1.40 bits per heavy atom. The zero-order chi connectivity index (χ0) is 11.3. The highest BCUT2D eigenvalue weighted by molar-refractivity contribution is 5.81. The van der Waals surface area contributed by atoms with Gasteiger partial charge in [-0.25, -0.2) is 0 Å². The Balaban J connectivity index is 2.14. The fraction of sp³-hybridized carbons (Fsp3) is 0.917. The van der Waals surface area contributed by atoms with E-state index >= 15 is 0 Å². The minimum atomic E-state index is -0.0579. The first kappa shape index (κ1) is 12.5. The van der Waals surface area contributed by atoms with Gasteiger partial charge in [0, 0.05) is 12.1 Å². The van der Waals surface area contributed by atoms with Crippen LogP contribution in [0.1, 0.15) is 52.9 Å². The van der Waals surface area contributed by atoms with Gasteiger partial charge in [-0.3, -0.25) is 4.79 Å². The lowest BCUT2D eigenvalue weighted by atomic mass is 10.1. The molecule has 1 aliphatic carbocycles. The first-order valence-electron chi connectivity index (χ1n) is 6.20. The highest BCUT2D eigenvalue weighted by Gasteiger charge is 2.25. The van der Waals surface area contributed by atoms with E-state index in [1.54, 1.807) is 0 Å². The van der Waals surface area contributed by atoms with Crippen LogP contribution >= 0.6 is 0 Å². The molecule has 0 heterocycles. The van der Waals surface area contributed by atoms with Crippen LogP contribution in [0.3, 0.4) is 0 Å². The summed E-state index contributed by atoms with van der Waals surface area (Å²) in [5, 5.41) is 6.35. The van der Waals surface area contributed by atoms with Crippen molar-refractivity contribution in [2.45, 2.75) is 71.0 Å². The van der Waals surface area contributed by atoms with Crippen LogP contribution in [0.5, 0.6) is 0 Å². The van der Waals surface area contributed by atoms with E-state index in [0.29, 0.717) is 12.1 Å². The van der Waals surface area contributed by atoms with E-state index < -0.39 is 0 Å². The van der Waals surface area contributed by atoms with Crippen LogP contribution in [0.25, 0.3) is 0 Å². The number of nitrogens with one attached hydrogen (secondary N) is 2. The molecule has 15 heavy (non-hydrogen) atoms. The Morgan fingerprint density at radius 3 is 2.60 bits per heavy atom. The summed E-state index contributed by atoms with van der Waals surface area (Å²) in [7, 11) is 0. The Hall–Kier alpha value is -0.570. The van der Waals surface area contributed by atoms with Crippen LogP contribution in [-0.4, -0.2) is 24.0 Å². The van der Waals surface area contributed by atoms with Gasteiger partial charge in [0.15, 0.2) is 0 Å². The molecular formula is C12H24N2O. The van der Waals surface area contributed by atoms with E-state index in [1.807, 2.05) is 6.92 Å². The van der Waals surface area contributed by atoms with Gasteiger partial charge in [-0.2, -0.15) is 0 Å². The summed E-state index contributed by atoms with van der Waals surface area (Å²) in [5.74, 6) is 0.154. The van der Waals surface area contributed by atoms with Crippen LogP contribution in [0.15, 0.2) is 0 Å². The molecule has 0 radical (unpaired) electrons. The molecule has 0 aliphatic heterocycles. The molecule has 1 amide bonds. The van der Waals surface area contributed by atoms with Crippen LogP contribution in [0.4, 0.5) is 0 Å². The van der Waals surface area contributed by atoms with Crippen molar-refractivity contribution in [3.05, 3.63) is 0 Å². The molecule has 0 aromatic carbocycles. The maximum Gasteiger partial charge on any atom is 0.237 e. The molecule has 1 saturated carbocycles. The maximum atomic E-state index is 11.6.